The number of fused-ring (bicyclic) bond motifs is 1. The number of hydrogen-bond donors (Lipinski definition) is 3. The minimum atomic E-state index is -0.170. The average molecular weight is 392 g/mol. The topological polar surface area (TPSA) is 96.1 Å². The number of carbonyl (C=O) groups is 2. The number of ether oxygens (including phenoxy) is 1. The van der Waals surface area contributed by atoms with Crippen molar-refractivity contribution in [2.75, 3.05) is 18.5 Å². The molecule has 1 unspecified atom stereocenters. The normalized spacial score (nSPS) is 16.1. The summed E-state index contributed by atoms with van der Waals surface area (Å²) in [5.41, 5.74) is 3.93. The number of nitrogens with zero attached hydrogens (tertiary/aromatic N) is 1. The van der Waals surface area contributed by atoms with E-state index in [1.165, 1.54) is 0 Å². The minimum absolute atomic E-state index is 0.0253. The van der Waals surface area contributed by atoms with E-state index in [2.05, 4.69) is 20.6 Å². The molecule has 0 saturated carbocycles. The van der Waals surface area contributed by atoms with Gasteiger partial charge in [-0.05, 0) is 49.6 Å². The predicted octanol–water partition coefficient (Wildman–Crippen LogP) is 3.48. The first-order chi connectivity index (χ1) is 14.1. The van der Waals surface area contributed by atoms with Gasteiger partial charge in [0.1, 0.15) is 11.9 Å². The summed E-state index contributed by atoms with van der Waals surface area (Å²) < 4.78 is 5.67. The van der Waals surface area contributed by atoms with Crippen molar-refractivity contribution in [1.82, 2.24) is 15.3 Å². The molecule has 1 fully saturated rings. The fraction of sp³-hybridized carbons (Fsp3) is 0.318. The van der Waals surface area contributed by atoms with Crippen LogP contribution in [0.3, 0.4) is 0 Å². The highest BCUT2D eigenvalue weighted by atomic mass is 16.5. The van der Waals surface area contributed by atoms with Gasteiger partial charge in [-0.25, -0.2) is 4.98 Å². The summed E-state index contributed by atoms with van der Waals surface area (Å²) in [5, 5.41) is 5.66. The molecular weight excluding hydrogens is 368 g/mol. The van der Waals surface area contributed by atoms with Gasteiger partial charge < -0.3 is 20.4 Å². The molecule has 4 rings (SSSR count). The average Bonchev–Trinajstić information content (AvgIpc) is 3.37. The number of imidazole rings is 1. The molecule has 2 aromatic carbocycles. The molecule has 2 amide bonds. The maximum Gasteiger partial charge on any atom is 0.251 e. The molecule has 2 heterocycles. The van der Waals surface area contributed by atoms with Gasteiger partial charge in [0.25, 0.3) is 5.91 Å². The first-order valence-corrected chi connectivity index (χ1v) is 9.85. The highest BCUT2D eigenvalue weighted by molar-refractivity contribution is 5.96. The van der Waals surface area contributed by atoms with Crippen LogP contribution in [-0.2, 0) is 9.53 Å². The second-order valence-electron chi connectivity index (χ2n) is 7.22. The first kappa shape index (κ1) is 19.1. The van der Waals surface area contributed by atoms with Crippen LogP contribution in [0.5, 0.6) is 0 Å². The fourth-order valence-electron chi connectivity index (χ4n) is 3.49. The Morgan fingerprint density at radius 1 is 1.24 bits per heavy atom. The molecule has 7 nitrogen and oxygen atoms in total. The Hall–Kier alpha value is -3.19. The number of hydrogen-bond acceptors (Lipinski definition) is 4. The zero-order valence-corrected chi connectivity index (χ0v) is 16.3. The van der Waals surface area contributed by atoms with E-state index in [9.17, 15) is 9.59 Å². The summed E-state index contributed by atoms with van der Waals surface area (Å²) in [6.07, 6.45) is 2.23. The summed E-state index contributed by atoms with van der Waals surface area (Å²) in [6.45, 7) is 2.93. The number of rotatable bonds is 6. The third kappa shape index (κ3) is 4.46. The number of anilines is 1. The molecule has 1 saturated heterocycles. The minimum Gasteiger partial charge on any atom is -0.370 e. The lowest BCUT2D eigenvalue weighted by atomic mass is 10.1. The van der Waals surface area contributed by atoms with Crippen LogP contribution < -0.4 is 10.6 Å². The number of amides is 2. The van der Waals surface area contributed by atoms with Crippen LogP contribution in [0.1, 0.15) is 47.1 Å². The van der Waals surface area contributed by atoms with Crippen LogP contribution in [0.25, 0.3) is 11.0 Å². The highest BCUT2D eigenvalue weighted by Crippen LogP contribution is 2.28. The van der Waals surface area contributed by atoms with Crippen molar-refractivity contribution >= 4 is 28.5 Å². The van der Waals surface area contributed by atoms with Crippen LogP contribution >= 0.6 is 0 Å². The molecule has 7 heteroatoms. The van der Waals surface area contributed by atoms with Crippen molar-refractivity contribution in [2.24, 2.45) is 0 Å². The van der Waals surface area contributed by atoms with Crippen LogP contribution in [0.2, 0.25) is 0 Å². The van der Waals surface area contributed by atoms with Crippen molar-refractivity contribution in [3.05, 3.63) is 59.4 Å². The second kappa shape index (κ2) is 8.45. The molecule has 1 atom stereocenters. The van der Waals surface area contributed by atoms with Crippen LogP contribution in [0.4, 0.5) is 5.69 Å². The quantitative estimate of drug-likeness (QED) is 0.598. The summed E-state index contributed by atoms with van der Waals surface area (Å²) in [6, 6.07) is 12.9. The van der Waals surface area contributed by atoms with Gasteiger partial charge in [0, 0.05) is 30.8 Å². The monoisotopic (exact) mass is 392 g/mol. The van der Waals surface area contributed by atoms with Gasteiger partial charge in [-0.15, -0.1) is 0 Å². The lowest BCUT2D eigenvalue weighted by molar-refractivity contribution is -0.116. The molecule has 3 aromatic rings. The number of aromatic amines is 1. The smallest absolute Gasteiger partial charge is 0.251 e. The highest BCUT2D eigenvalue weighted by Gasteiger charge is 2.21. The van der Waals surface area contributed by atoms with Crippen molar-refractivity contribution in [2.45, 2.75) is 32.3 Å². The van der Waals surface area contributed by atoms with E-state index in [1.807, 2.05) is 43.3 Å². The van der Waals surface area contributed by atoms with Gasteiger partial charge in [0.15, 0.2) is 0 Å². The summed E-state index contributed by atoms with van der Waals surface area (Å²) in [7, 11) is 0. The zero-order chi connectivity index (χ0) is 20.2. The van der Waals surface area contributed by atoms with E-state index in [-0.39, 0.29) is 30.9 Å². The van der Waals surface area contributed by atoms with Gasteiger partial charge >= 0.3 is 0 Å². The standard InChI is InChI=1S/C22H24N4O3/c1-14-5-2-3-6-16(14)22(28)23-11-10-20(27)24-15-8-9-17-18(13-15)26-21(25-17)19-7-4-12-29-19/h2-3,5-6,8-9,13,19H,4,7,10-12H2,1H3,(H,23,28)(H,24,27)(H,25,26). The van der Waals surface area contributed by atoms with Gasteiger partial charge in [-0.3, -0.25) is 9.59 Å². The van der Waals surface area contributed by atoms with E-state index in [0.717, 1.165) is 41.9 Å². The van der Waals surface area contributed by atoms with E-state index in [1.54, 1.807) is 6.07 Å². The molecule has 0 radical (unpaired) electrons. The van der Waals surface area contributed by atoms with Gasteiger partial charge in [0.05, 0.1) is 11.0 Å². The van der Waals surface area contributed by atoms with Crippen molar-refractivity contribution in [1.29, 1.82) is 0 Å². The molecule has 29 heavy (non-hydrogen) atoms. The van der Waals surface area contributed by atoms with E-state index < -0.39 is 0 Å². The number of H-pyrrole nitrogens is 1. The van der Waals surface area contributed by atoms with E-state index in [0.29, 0.717) is 11.3 Å². The van der Waals surface area contributed by atoms with Crippen molar-refractivity contribution < 1.29 is 14.3 Å². The van der Waals surface area contributed by atoms with Gasteiger partial charge in [-0.1, -0.05) is 18.2 Å². The lowest BCUT2D eigenvalue weighted by Crippen LogP contribution is -2.28. The molecule has 0 aliphatic carbocycles. The Bertz CT molecular complexity index is 1040. The largest absolute Gasteiger partial charge is 0.370 e. The van der Waals surface area contributed by atoms with Crippen molar-refractivity contribution in [3.8, 4) is 0 Å². The Morgan fingerprint density at radius 2 is 2.10 bits per heavy atom. The summed E-state index contributed by atoms with van der Waals surface area (Å²) in [5.74, 6) is 0.504. The second-order valence-corrected chi connectivity index (χ2v) is 7.22. The Labute approximate surface area is 168 Å². The molecule has 3 N–H and O–H groups in total. The van der Waals surface area contributed by atoms with Gasteiger partial charge in [0.2, 0.25) is 5.91 Å². The van der Waals surface area contributed by atoms with Gasteiger partial charge in [-0.2, -0.15) is 0 Å². The SMILES string of the molecule is Cc1ccccc1C(=O)NCCC(=O)Nc1ccc2nc(C3CCCO3)[nH]c2c1. The zero-order valence-electron chi connectivity index (χ0n) is 16.3. The van der Waals surface area contributed by atoms with Crippen LogP contribution in [0, 0.1) is 6.92 Å². The predicted molar refractivity (Wildman–Crippen MR) is 111 cm³/mol. The summed E-state index contributed by atoms with van der Waals surface area (Å²) >= 11 is 0. The Balaban J connectivity index is 1.31. The molecule has 1 aliphatic rings. The number of aromatic nitrogens is 2. The molecule has 0 spiro atoms. The maximum atomic E-state index is 12.2. The number of carbonyl (C=O) groups excluding carboxylic acids is 2. The fourth-order valence-corrected chi connectivity index (χ4v) is 3.49. The molecule has 1 aliphatic heterocycles. The maximum absolute atomic E-state index is 12.2. The molecule has 150 valence electrons. The summed E-state index contributed by atoms with van der Waals surface area (Å²) in [4.78, 5) is 32.3. The number of benzene rings is 2. The lowest BCUT2D eigenvalue weighted by Gasteiger charge is -2.08. The molecule has 0 bridgehead atoms. The Morgan fingerprint density at radius 3 is 2.90 bits per heavy atom. The van der Waals surface area contributed by atoms with Crippen LogP contribution in [0.15, 0.2) is 42.5 Å². The first-order valence-electron chi connectivity index (χ1n) is 9.85. The third-order valence-electron chi connectivity index (χ3n) is 5.05. The Kier molecular flexibility index (Phi) is 5.57. The molecule has 1 aromatic heterocycles. The third-order valence-corrected chi connectivity index (χ3v) is 5.05. The van der Waals surface area contributed by atoms with E-state index >= 15 is 0 Å². The van der Waals surface area contributed by atoms with Crippen LogP contribution in [-0.4, -0.2) is 34.9 Å². The van der Waals surface area contributed by atoms with Crippen molar-refractivity contribution in [3.63, 3.8) is 0 Å². The number of aryl methyl sites for hydroxylation is 1. The van der Waals surface area contributed by atoms with E-state index in [4.69, 9.17) is 4.74 Å². The molecular formula is C22H24N4O3. The number of nitrogens with one attached hydrogen (secondary N) is 3.